The fraction of sp³-hybridized carbons (Fsp3) is 0.250. The maximum atomic E-state index is 11.9. The van der Waals surface area contributed by atoms with E-state index in [1.807, 2.05) is 6.07 Å². The number of nitrogens with one attached hydrogen (secondary N) is 1. The number of carbonyl (C=O) groups is 1. The van der Waals surface area contributed by atoms with Crippen LogP contribution in [0.3, 0.4) is 0 Å². The SMILES string of the molecule is CC(C)(C)OC(=O)Nc1cnn(-c2cc(Br)cn3ncc(C#N)c23)c1. The van der Waals surface area contributed by atoms with Crippen LogP contribution >= 0.6 is 15.9 Å². The topological polar surface area (TPSA) is 97.2 Å². The van der Waals surface area contributed by atoms with Gasteiger partial charge in [0.25, 0.3) is 0 Å². The Hall–Kier alpha value is -2.86. The molecule has 0 saturated carbocycles. The van der Waals surface area contributed by atoms with Crippen molar-refractivity contribution in [3.05, 3.63) is 40.9 Å². The molecule has 0 aliphatic rings. The highest BCUT2D eigenvalue weighted by Crippen LogP contribution is 2.24. The second kappa shape index (κ2) is 6.22. The quantitative estimate of drug-likeness (QED) is 0.707. The predicted molar refractivity (Wildman–Crippen MR) is 94.6 cm³/mol. The summed E-state index contributed by atoms with van der Waals surface area (Å²) >= 11 is 3.42. The molecule has 128 valence electrons. The van der Waals surface area contributed by atoms with Gasteiger partial charge in [0.15, 0.2) is 0 Å². The number of hydrogen-bond donors (Lipinski definition) is 1. The molecule has 0 aliphatic carbocycles. The molecule has 25 heavy (non-hydrogen) atoms. The fourth-order valence-corrected chi connectivity index (χ4v) is 2.68. The summed E-state index contributed by atoms with van der Waals surface area (Å²) in [5.41, 5.74) is 1.60. The van der Waals surface area contributed by atoms with E-state index in [1.165, 1.54) is 12.4 Å². The minimum Gasteiger partial charge on any atom is -0.444 e. The van der Waals surface area contributed by atoms with Crippen molar-refractivity contribution in [1.29, 1.82) is 5.26 Å². The van der Waals surface area contributed by atoms with Crippen molar-refractivity contribution < 1.29 is 9.53 Å². The zero-order valence-corrected chi connectivity index (χ0v) is 15.4. The zero-order valence-electron chi connectivity index (χ0n) is 13.8. The number of rotatable bonds is 2. The van der Waals surface area contributed by atoms with Crippen LogP contribution in [0.1, 0.15) is 26.3 Å². The lowest BCUT2D eigenvalue weighted by Gasteiger charge is -2.19. The zero-order chi connectivity index (χ0) is 18.2. The number of nitrogens with zero attached hydrogens (tertiary/aromatic N) is 5. The van der Waals surface area contributed by atoms with E-state index < -0.39 is 11.7 Å². The molecule has 0 aromatic carbocycles. The van der Waals surface area contributed by atoms with Crippen molar-refractivity contribution in [2.24, 2.45) is 0 Å². The molecule has 0 unspecified atom stereocenters. The van der Waals surface area contributed by atoms with Crippen LogP contribution in [0.5, 0.6) is 0 Å². The molecule has 1 amide bonds. The van der Waals surface area contributed by atoms with Gasteiger partial charge in [-0.15, -0.1) is 0 Å². The van der Waals surface area contributed by atoms with Crippen LogP contribution in [0.4, 0.5) is 10.5 Å². The molecule has 0 spiro atoms. The van der Waals surface area contributed by atoms with Gasteiger partial charge in [0.05, 0.1) is 35.5 Å². The minimum absolute atomic E-state index is 0.430. The monoisotopic (exact) mass is 402 g/mol. The van der Waals surface area contributed by atoms with Gasteiger partial charge in [-0.3, -0.25) is 5.32 Å². The summed E-state index contributed by atoms with van der Waals surface area (Å²) in [4.78, 5) is 11.9. The summed E-state index contributed by atoms with van der Waals surface area (Å²) in [6, 6.07) is 3.94. The second-order valence-electron chi connectivity index (χ2n) is 6.31. The van der Waals surface area contributed by atoms with Crippen LogP contribution < -0.4 is 5.32 Å². The Kier molecular flexibility index (Phi) is 4.22. The maximum absolute atomic E-state index is 11.9. The minimum atomic E-state index is -0.587. The van der Waals surface area contributed by atoms with Crippen molar-refractivity contribution in [2.75, 3.05) is 5.32 Å². The van der Waals surface area contributed by atoms with Gasteiger partial charge in [-0.1, -0.05) is 0 Å². The van der Waals surface area contributed by atoms with Crippen LogP contribution in [0, 0.1) is 11.3 Å². The number of amides is 1. The summed E-state index contributed by atoms with van der Waals surface area (Å²) < 4.78 is 9.16. The molecule has 9 heteroatoms. The molecule has 3 aromatic heterocycles. The highest BCUT2D eigenvalue weighted by molar-refractivity contribution is 9.10. The van der Waals surface area contributed by atoms with Gasteiger partial charge in [-0.05, 0) is 42.8 Å². The van der Waals surface area contributed by atoms with Crippen LogP contribution in [0.2, 0.25) is 0 Å². The third kappa shape index (κ3) is 3.64. The first-order chi connectivity index (χ1) is 11.8. The maximum Gasteiger partial charge on any atom is 0.412 e. The molecule has 0 aliphatic heterocycles. The van der Waals surface area contributed by atoms with E-state index in [0.717, 1.165) is 4.47 Å². The summed E-state index contributed by atoms with van der Waals surface area (Å²) in [6.45, 7) is 5.37. The standard InChI is InChI=1S/C16H15BrN6O2/c1-16(2,3)25-15(24)21-12-7-20-22(9-12)13-4-11(17)8-23-14(13)10(5-18)6-19-23/h4,6-9H,1-3H3,(H,21,24). The number of carbonyl (C=O) groups excluding carboxylic acids is 1. The van der Waals surface area contributed by atoms with E-state index in [0.29, 0.717) is 22.5 Å². The predicted octanol–water partition coefficient (Wildman–Crippen LogP) is 3.50. The first kappa shape index (κ1) is 17.0. The Bertz CT molecular complexity index is 992. The molecular weight excluding hydrogens is 388 g/mol. The van der Waals surface area contributed by atoms with Crippen molar-refractivity contribution in [3.63, 3.8) is 0 Å². The molecule has 3 heterocycles. The molecule has 1 N–H and O–H groups in total. The average Bonchev–Trinajstić information content (AvgIpc) is 3.10. The van der Waals surface area contributed by atoms with E-state index in [-0.39, 0.29) is 0 Å². The van der Waals surface area contributed by atoms with Gasteiger partial charge in [-0.25, -0.2) is 14.0 Å². The lowest BCUT2D eigenvalue weighted by molar-refractivity contribution is 0.0636. The Morgan fingerprint density at radius 1 is 1.32 bits per heavy atom. The molecule has 0 saturated heterocycles. The molecule has 0 bridgehead atoms. The van der Waals surface area contributed by atoms with Crippen LogP contribution in [0.15, 0.2) is 35.3 Å². The number of pyridine rings is 1. The Balaban J connectivity index is 1.95. The lowest BCUT2D eigenvalue weighted by atomic mass is 10.2. The van der Waals surface area contributed by atoms with Gasteiger partial charge < -0.3 is 4.74 Å². The smallest absolute Gasteiger partial charge is 0.412 e. The van der Waals surface area contributed by atoms with E-state index in [1.54, 1.807) is 42.4 Å². The molecule has 8 nitrogen and oxygen atoms in total. The van der Waals surface area contributed by atoms with Crippen LogP contribution in [-0.4, -0.2) is 31.1 Å². The van der Waals surface area contributed by atoms with E-state index in [2.05, 4.69) is 37.5 Å². The van der Waals surface area contributed by atoms with Crippen molar-refractivity contribution in [2.45, 2.75) is 26.4 Å². The first-order valence-electron chi connectivity index (χ1n) is 7.39. The van der Waals surface area contributed by atoms with Gasteiger partial charge in [0.2, 0.25) is 0 Å². The molecule has 3 aromatic rings. The van der Waals surface area contributed by atoms with Crippen molar-refractivity contribution >= 4 is 33.2 Å². The highest BCUT2D eigenvalue weighted by atomic mass is 79.9. The van der Waals surface area contributed by atoms with Gasteiger partial charge in [-0.2, -0.15) is 15.5 Å². The summed E-state index contributed by atoms with van der Waals surface area (Å²) in [6.07, 6.45) is 5.83. The average molecular weight is 403 g/mol. The van der Waals surface area contributed by atoms with Gasteiger partial charge >= 0.3 is 6.09 Å². The molecule has 0 radical (unpaired) electrons. The third-order valence-electron chi connectivity index (χ3n) is 3.15. The Morgan fingerprint density at radius 2 is 2.08 bits per heavy atom. The largest absolute Gasteiger partial charge is 0.444 e. The number of anilines is 1. The number of ether oxygens (including phenoxy) is 1. The highest BCUT2D eigenvalue weighted by Gasteiger charge is 2.17. The summed E-state index contributed by atoms with van der Waals surface area (Å²) in [5.74, 6) is 0. The third-order valence-corrected chi connectivity index (χ3v) is 3.59. The number of nitriles is 1. The Labute approximate surface area is 152 Å². The van der Waals surface area contributed by atoms with E-state index in [4.69, 9.17) is 4.74 Å². The van der Waals surface area contributed by atoms with Crippen LogP contribution in [-0.2, 0) is 4.74 Å². The number of hydrogen-bond acceptors (Lipinski definition) is 5. The lowest BCUT2D eigenvalue weighted by Crippen LogP contribution is -2.27. The number of fused-ring (bicyclic) bond motifs is 1. The van der Waals surface area contributed by atoms with Crippen LogP contribution in [0.25, 0.3) is 11.2 Å². The molecular formula is C16H15BrN6O2. The summed E-state index contributed by atoms with van der Waals surface area (Å²) in [5, 5.41) is 20.3. The van der Waals surface area contributed by atoms with Gasteiger partial charge in [0.1, 0.15) is 17.2 Å². The Morgan fingerprint density at radius 3 is 2.76 bits per heavy atom. The normalized spacial score (nSPS) is 11.3. The number of aromatic nitrogens is 4. The van der Waals surface area contributed by atoms with Gasteiger partial charge in [0, 0.05) is 10.7 Å². The number of halogens is 1. The van der Waals surface area contributed by atoms with E-state index >= 15 is 0 Å². The van der Waals surface area contributed by atoms with Crippen molar-refractivity contribution in [3.8, 4) is 11.8 Å². The fourth-order valence-electron chi connectivity index (χ4n) is 2.27. The van der Waals surface area contributed by atoms with Crippen molar-refractivity contribution in [1.82, 2.24) is 19.4 Å². The van der Waals surface area contributed by atoms with E-state index in [9.17, 15) is 10.1 Å². The summed E-state index contributed by atoms with van der Waals surface area (Å²) in [7, 11) is 0. The second-order valence-corrected chi connectivity index (χ2v) is 7.22. The molecule has 0 atom stereocenters. The molecule has 0 fully saturated rings. The first-order valence-corrected chi connectivity index (χ1v) is 8.18. The molecule has 3 rings (SSSR count).